The minimum Gasteiger partial charge on any atom is -0.508 e. The fraction of sp³-hybridized carbons (Fsp3) is 0.444. The summed E-state index contributed by atoms with van der Waals surface area (Å²) in [5.41, 5.74) is 3.32. The first-order valence-electron chi connectivity index (χ1n) is 16.0. The summed E-state index contributed by atoms with van der Waals surface area (Å²) in [5, 5.41) is 16.7. The molecule has 1 unspecified atom stereocenters. The van der Waals surface area contributed by atoms with Crippen LogP contribution in [0, 0.1) is 11.8 Å². The summed E-state index contributed by atoms with van der Waals surface area (Å²) in [6, 6.07) is 11.3. The van der Waals surface area contributed by atoms with Crippen LogP contribution in [0.25, 0.3) is 10.9 Å². The molecule has 6 atom stereocenters. The third-order valence-corrected chi connectivity index (χ3v) is 8.81. The van der Waals surface area contributed by atoms with Gasteiger partial charge in [0.05, 0.1) is 12.5 Å². The monoisotopic (exact) mass is 630 g/mol. The van der Waals surface area contributed by atoms with Gasteiger partial charge in [0.1, 0.15) is 23.9 Å². The van der Waals surface area contributed by atoms with Gasteiger partial charge in [0.25, 0.3) is 0 Å². The molecule has 4 N–H and O–H groups in total. The van der Waals surface area contributed by atoms with Crippen molar-refractivity contribution >= 4 is 34.6 Å². The van der Waals surface area contributed by atoms with E-state index in [-0.39, 0.29) is 30.4 Å². The number of benzene rings is 2. The summed E-state index contributed by atoms with van der Waals surface area (Å²) < 4.78 is 5.94. The Bertz CT molecular complexity index is 1580. The standard InChI is InChI=1S/C36H46N4O6/c1-7-32-22(3)16-21(2)17-23(4)34(43)38-24(5)36(45)40(6)31(18-26-20-37-29-11-9-8-10-28(26)29)35(44)39-30(19-33(42)46-32)25-12-14-27(41)15-13-25/h8-16,20,22-24,30-32,37,41H,7,17-19H2,1-6H3,(H,38,43)(H,39,44)/t22-,23-,24-,30?,31+,32+/m0/s1. The first-order chi connectivity index (χ1) is 21.9. The molecule has 3 amide bonds. The second kappa shape index (κ2) is 15.1. The summed E-state index contributed by atoms with van der Waals surface area (Å²) in [4.78, 5) is 59.1. The lowest BCUT2D eigenvalue weighted by molar-refractivity contribution is -0.152. The molecule has 1 aliphatic rings. The number of carbonyl (C=O) groups is 4. The molecule has 0 saturated heterocycles. The third-order valence-electron chi connectivity index (χ3n) is 8.81. The summed E-state index contributed by atoms with van der Waals surface area (Å²) in [6.45, 7) is 9.29. The number of amides is 3. The summed E-state index contributed by atoms with van der Waals surface area (Å²) in [5.74, 6) is -2.11. The predicted molar refractivity (Wildman–Crippen MR) is 177 cm³/mol. The number of H-pyrrole nitrogens is 1. The SMILES string of the molecule is CC[C@H]1OC(=O)CC(c2ccc(O)cc2)NC(=O)[C@@H](Cc2c[nH]c3ccccc23)N(C)C(=O)[C@H](C)NC(=O)[C@@H](C)CC(C)=C[C@@H]1C. The van der Waals surface area contributed by atoms with Gasteiger partial charge in [-0.2, -0.15) is 0 Å². The van der Waals surface area contributed by atoms with Crippen LogP contribution in [0.1, 0.15) is 71.0 Å². The quantitative estimate of drug-likeness (QED) is 0.238. The van der Waals surface area contributed by atoms with Crippen molar-refractivity contribution in [3.63, 3.8) is 0 Å². The molecule has 0 bridgehead atoms. The van der Waals surface area contributed by atoms with Crippen molar-refractivity contribution < 1.29 is 29.0 Å². The number of hydrogen-bond donors (Lipinski definition) is 4. The maximum Gasteiger partial charge on any atom is 0.308 e. The minimum atomic E-state index is -0.980. The molecule has 1 aromatic heterocycles. The van der Waals surface area contributed by atoms with Gasteiger partial charge in [-0.25, -0.2) is 0 Å². The predicted octanol–water partition coefficient (Wildman–Crippen LogP) is 4.94. The smallest absolute Gasteiger partial charge is 0.308 e. The number of aromatic amines is 1. The number of esters is 1. The summed E-state index contributed by atoms with van der Waals surface area (Å²) >= 11 is 0. The van der Waals surface area contributed by atoms with E-state index in [2.05, 4.69) is 15.6 Å². The average Bonchev–Trinajstić information content (AvgIpc) is 3.43. The van der Waals surface area contributed by atoms with Crippen molar-refractivity contribution in [2.75, 3.05) is 7.05 Å². The number of ether oxygens (including phenoxy) is 1. The number of aromatic hydroxyl groups is 1. The highest BCUT2D eigenvalue weighted by molar-refractivity contribution is 5.93. The fourth-order valence-corrected chi connectivity index (χ4v) is 6.16. The van der Waals surface area contributed by atoms with Crippen LogP contribution in [0.15, 0.2) is 66.4 Å². The summed E-state index contributed by atoms with van der Waals surface area (Å²) in [7, 11) is 1.55. The lowest BCUT2D eigenvalue weighted by Crippen LogP contribution is -2.55. The highest BCUT2D eigenvalue weighted by Crippen LogP contribution is 2.26. The second-order valence-electron chi connectivity index (χ2n) is 12.5. The normalized spacial score (nSPS) is 26.0. The average molecular weight is 631 g/mol. The van der Waals surface area contributed by atoms with E-state index in [0.717, 1.165) is 22.0 Å². The van der Waals surface area contributed by atoms with Crippen LogP contribution < -0.4 is 10.6 Å². The van der Waals surface area contributed by atoms with E-state index < -0.39 is 47.9 Å². The molecule has 4 rings (SSSR count). The molecular weight excluding hydrogens is 584 g/mol. The highest BCUT2D eigenvalue weighted by atomic mass is 16.5. The van der Waals surface area contributed by atoms with Gasteiger partial charge < -0.3 is 30.4 Å². The molecule has 0 aliphatic carbocycles. The van der Waals surface area contributed by atoms with E-state index in [9.17, 15) is 24.3 Å². The van der Waals surface area contributed by atoms with Gasteiger partial charge in [0.15, 0.2) is 0 Å². The Kier molecular flexibility index (Phi) is 11.3. The van der Waals surface area contributed by atoms with E-state index >= 15 is 0 Å². The van der Waals surface area contributed by atoms with Crippen molar-refractivity contribution in [1.29, 1.82) is 0 Å². The van der Waals surface area contributed by atoms with Crippen molar-refractivity contribution in [3.05, 3.63) is 77.5 Å². The zero-order valence-corrected chi connectivity index (χ0v) is 27.5. The highest BCUT2D eigenvalue weighted by Gasteiger charge is 2.34. The molecule has 10 nitrogen and oxygen atoms in total. The Hall–Kier alpha value is -4.60. The van der Waals surface area contributed by atoms with Crippen LogP contribution in [0.2, 0.25) is 0 Å². The molecular formula is C36H46N4O6. The van der Waals surface area contributed by atoms with Gasteiger partial charge in [-0.3, -0.25) is 19.2 Å². The van der Waals surface area contributed by atoms with Crippen molar-refractivity contribution in [1.82, 2.24) is 20.5 Å². The van der Waals surface area contributed by atoms with Crippen molar-refractivity contribution in [2.45, 2.75) is 84.5 Å². The van der Waals surface area contributed by atoms with Crippen molar-refractivity contribution in [3.8, 4) is 5.75 Å². The number of likely N-dealkylation sites (N-methyl/N-ethyl adjacent to an activating group) is 1. The number of fused-ring (bicyclic) bond motifs is 1. The van der Waals surface area contributed by atoms with Crippen LogP contribution in [0.4, 0.5) is 0 Å². The third kappa shape index (κ3) is 8.35. The van der Waals surface area contributed by atoms with E-state index in [1.54, 1.807) is 26.1 Å². The molecule has 10 heteroatoms. The number of allylic oxidation sites excluding steroid dienone is 1. The Morgan fingerprint density at radius 3 is 2.33 bits per heavy atom. The fourth-order valence-electron chi connectivity index (χ4n) is 6.16. The van der Waals surface area contributed by atoms with Gasteiger partial charge in [0.2, 0.25) is 17.7 Å². The molecule has 0 saturated carbocycles. The van der Waals surface area contributed by atoms with Gasteiger partial charge in [-0.05, 0) is 56.0 Å². The maximum atomic E-state index is 14.2. The number of rotatable bonds is 4. The largest absolute Gasteiger partial charge is 0.508 e. The Balaban J connectivity index is 1.74. The van der Waals surface area contributed by atoms with Crippen LogP contribution in [-0.4, -0.2) is 63.9 Å². The number of para-hydroxylation sites is 1. The number of aromatic nitrogens is 1. The Labute approximate surface area is 270 Å². The van der Waals surface area contributed by atoms with Crippen LogP contribution in [-0.2, 0) is 30.3 Å². The molecule has 246 valence electrons. The lowest BCUT2D eigenvalue weighted by Gasteiger charge is -2.32. The number of nitrogens with zero attached hydrogens (tertiary/aromatic N) is 1. The number of nitrogens with one attached hydrogen (secondary N) is 3. The zero-order valence-electron chi connectivity index (χ0n) is 27.5. The van der Waals surface area contributed by atoms with E-state index in [1.807, 2.05) is 64.2 Å². The van der Waals surface area contributed by atoms with Crippen LogP contribution in [0.5, 0.6) is 5.75 Å². The molecule has 0 spiro atoms. The topological polar surface area (TPSA) is 141 Å². The van der Waals surface area contributed by atoms with Crippen LogP contribution >= 0.6 is 0 Å². The van der Waals surface area contributed by atoms with Gasteiger partial charge in [-0.15, -0.1) is 0 Å². The minimum absolute atomic E-state index is 0.0489. The zero-order chi connectivity index (χ0) is 33.5. The number of phenolic OH excluding ortho intramolecular Hbond substituents is 1. The number of hydrogen-bond acceptors (Lipinski definition) is 6. The van der Waals surface area contributed by atoms with E-state index in [0.29, 0.717) is 18.4 Å². The van der Waals surface area contributed by atoms with Gasteiger partial charge >= 0.3 is 5.97 Å². The Morgan fingerprint density at radius 2 is 1.63 bits per heavy atom. The number of phenols is 1. The molecule has 46 heavy (non-hydrogen) atoms. The van der Waals surface area contributed by atoms with Gasteiger partial charge in [-0.1, -0.05) is 62.8 Å². The van der Waals surface area contributed by atoms with E-state index in [4.69, 9.17) is 4.74 Å². The van der Waals surface area contributed by atoms with Crippen LogP contribution in [0.3, 0.4) is 0 Å². The number of cyclic esters (lactones) is 1. The van der Waals surface area contributed by atoms with Crippen molar-refractivity contribution in [2.24, 2.45) is 11.8 Å². The molecule has 0 radical (unpaired) electrons. The Morgan fingerprint density at radius 1 is 0.935 bits per heavy atom. The summed E-state index contributed by atoms with van der Waals surface area (Å²) in [6.07, 6.45) is 4.53. The molecule has 1 aliphatic heterocycles. The van der Waals surface area contributed by atoms with Gasteiger partial charge in [0, 0.05) is 42.4 Å². The first kappa shape index (κ1) is 34.3. The molecule has 3 aromatic rings. The lowest BCUT2D eigenvalue weighted by atomic mass is 9.94. The molecule has 2 heterocycles. The molecule has 0 fully saturated rings. The molecule has 2 aromatic carbocycles. The van der Waals surface area contributed by atoms with E-state index in [1.165, 1.54) is 17.0 Å². The number of carbonyl (C=O) groups excluding carboxylic acids is 4. The second-order valence-corrected chi connectivity index (χ2v) is 12.5. The maximum absolute atomic E-state index is 14.2. The first-order valence-corrected chi connectivity index (χ1v) is 16.0.